The predicted octanol–water partition coefficient (Wildman–Crippen LogP) is 4.24. The number of hydrogen-bond donors (Lipinski definition) is 1. The van der Waals surface area contributed by atoms with E-state index in [1.807, 2.05) is 26.8 Å². The Hall–Kier alpha value is -2.89. The summed E-state index contributed by atoms with van der Waals surface area (Å²) in [6, 6.07) is 9.78. The Morgan fingerprint density at radius 2 is 1.96 bits per heavy atom. The summed E-state index contributed by atoms with van der Waals surface area (Å²) in [5.74, 6) is -1.18. The maximum absolute atomic E-state index is 14.2. The lowest BCUT2D eigenvalue weighted by Gasteiger charge is -2.20. The molecule has 0 radical (unpaired) electrons. The van der Waals surface area contributed by atoms with Crippen LogP contribution in [0.2, 0.25) is 0 Å². The Balaban J connectivity index is 2.27. The number of fused-ring (bicyclic) bond motifs is 1. The van der Waals surface area contributed by atoms with Crippen molar-refractivity contribution < 1.29 is 19.0 Å². The van der Waals surface area contributed by atoms with Crippen molar-refractivity contribution in [2.24, 2.45) is 0 Å². The molecule has 0 bridgehead atoms. The summed E-state index contributed by atoms with van der Waals surface area (Å²) in [5.41, 5.74) is 2.11. The molecule has 142 valence electrons. The van der Waals surface area contributed by atoms with Gasteiger partial charge in [-0.25, -0.2) is 14.2 Å². The number of carbonyl (C=O) groups is 1. The maximum Gasteiger partial charge on any atom is 0.359 e. The quantitative estimate of drug-likeness (QED) is 0.698. The van der Waals surface area contributed by atoms with Gasteiger partial charge >= 0.3 is 5.97 Å². The van der Waals surface area contributed by atoms with E-state index in [9.17, 15) is 14.3 Å². The number of aromatic hydroxyl groups is 1. The summed E-state index contributed by atoms with van der Waals surface area (Å²) in [5, 5.41) is 10.3. The lowest BCUT2D eigenvalue weighted by Crippen LogP contribution is -2.18. The minimum Gasteiger partial charge on any atom is -0.505 e. The second kappa shape index (κ2) is 7.02. The fourth-order valence-corrected chi connectivity index (χ4v) is 2.98. The Labute approximate surface area is 157 Å². The molecule has 0 saturated carbocycles. The van der Waals surface area contributed by atoms with Crippen molar-refractivity contribution in [3.63, 3.8) is 0 Å². The summed E-state index contributed by atoms with van der Waals surface area (Å²) in [7, 11) is 0. The van der Waals surface area contributed by atoms with Gasteiger partial charge in [0.2, 0.25) is 0 Å². The first kappa shape index (κ1) is 18.9. The van der Waals surface area contributed by atoms with E-state index in [1.54, 1.807) is 29.5 Å². The van der Waals surface area contributed by atoms with E-state index in [-0.39, 0.29) is 35.7 Å². The molecule has 0 aliphatic carbocycles. The van der Waals surface area contributed by atoms with Crippen LogP contribution in [0.1, 0.15) is 55.1 Å². The number of ether oxygens (including phenoxy) is 1. The lowest BCUT2D eigenvalue weighted by molar-refractivity contribution is 0.0514. The smallest absolute Gasteiger partial charge is 0.359 e. The number of nitrogens with zero attached hydrogens (tertiary/aromatic N) is 2. The van der Waals surface area contributed by atoms with Gasteiger partial charge in [-0.3, -0.25) is 4.40 Å². The fourth-order valence-electron chi connectivity index (χ4n) is 2.98. The molecule has 1 N–H and O–H groups in total. The van der Waals surface area contributed by atoms with Gasteiger partial charge in [-0.05, 0) is 24.6 Å². The second-order valence-corrected chi connectivity index (χ2v) is 7.44. The van der Waals surface area contributed by atoms with Gasteiger partial charge in [0.25, 0.3) is 0 Å². The van der Waals surface area contributed by atoms with Crippen LogP contribution in [0.4, 0.5) is 4.39 Å². The zero-order valence-electron chi connectivity index (χ0n) is 15.9. The molecule has 0 spiro atoms. The van der Waals surface area contributed by atoms with E-state index in [0.717, 1.165) is 5.69 Å². The van der Waals surface area contributed by atoms with Gasteiger partial charge in [-0.2, -0.15) is 0 Å². The van der Waals surface area contributed by atoms with E-state index < -0.39 is 5.97 Å². The van der Waals surface area contributed by atoms with Crippen LogP contribution in [-0.2, 0) is 16.6 Å². The highest BCUT2D eigenvalue weighted by atomic mass is 19.1. The van der Waals surface area contributed by atoms with Crippen LogP contribution in [-0.4, -0.2) is 27.1 Å². The molecule has 1 aromatic carbocycles. The Kier molecular flexibility index (Phi) is 4.91. The predicted molar refractivity (Wildman–Crippen MR) is 101 cm³/mol. The molecule has 2 heterocycles. The molecule has 27 heavy (non-hydrogen) atoms. The van der Waals surface area contributed by atoms with Crippen molar-refractivity contribution >= 4 is 11.6 Å². The van der Waals surface area contributed by atoms with E-state index >= 15 is 0 Å². The van der Waals surface area contributed by atoms with Crippen molar-refractivity contribution in [3.8, 4) is 5.75 Å². The summed E-state index contributed by atoms with van der Waals surface area (Å²) in [4.78, 5) is 17.0. The summed E-state index contributed by atoms with van der Waals surface area (Å²) >= 11 is 0. The molecule has 0 amide bonds. The monoisotopic (exact) mass is 370 g/mol. The van der Waals surface area contributed by atoms with E-state index in [2.05, 4.69) is 4.98 Å². The first-order chi connectivity index (χ1) is 12.7. The molecule has 0 atom stereocenters. The lowest BCUT2D eigenvalue weighted by atomic mass is 9.91. The standard InChI is InChI=1S/C21H23FN2O3/c1-5-27-20(26)19-16(25)12-18-23-17(21(2,3)4)11-14(24(18)19)10-13-8-6-7-9-15(13)22/h6-9,11-12,25H,5,10H2,1-4H3. The number of halogens is 1. The number of hydrogen-bond acceptors (Lipinski definition) is 4. The van der Waals surface area contributed by atoms with E-state index in [4.69, 9.17) is 4.74 Å². The summed E-state index contributed by atoms with van der Waals surface area (Å²) < 4.78 is 20.9. The van der Waals surface area contributed by atoms with Crippen LogP contribution >= 0.6 is 0 Å². The van der Waals surface area contributed by atoms with Gasteiger partial charge in [0, 0.05) is 29.3 Å². The van der Waals surface area contributed by atoms with Crippen molar-refractivity contribution in [3.05, 3.63) is 64.9 Å². The van der Waals surface area contributed by atoms with Crippen LogP contribution in [0.25, 0.3) is 5.65 Å². The van der Waals surface area contributed by atoms with Gasteiger partial charge in [-0.15, -0.1) is 0 Å². The molecular weight excluding hydrogens is 347 g/mol. The summed E-state index contributed by atoms with van der Waals surface area (Å²) in [6.45, 7) is 7.94. The van der Waals surface area contributed by atoms with Crippen molar-refractivity contribution in [1.29, 1.82) is 0 Å². The minimum atomic E-state index is -0.643. The molecule has 0 aliphatic heterocycles. The molecule has 0 fully saturated rings. The third kappa shape index (κ3) is 3.65. The molecular formula is C21H23FN2O3. The van der Waals surface area contributed by atoms with Gasteiger partial charge < -0.3 is 9.84 Å². The van der Waals surface area contributed by atoms with Gasteiger partial charge in [-0.1, -0.05) is 39.0 Å². The number of carbonyl (C=O) groups excluding carboxylic acids is 1. The maximum atomic E-state index is 14.2. The number of rotatable bonds is 4. The second-order valence-electron chi connectivity index (χ2n) is 7.44. The topological polar surface area (TPSA) is 63.8 Å². The van der Waals surface area contributed by atoms with Crippen LogP contribution in [0.3, 0.4) is 0 Å². The Bertz CT molecular complexity index is 1000. The average molecular weight is 370 g/mol. The van der Waals surface area contributed by atoms with Crippen molar-refractivity contribution in [2.75, 3.05) is 6.61 Å². The molecule has 6 heteroatoms. The van der Waals surface area contributed by atoms with E-state index in [1.165, 1.54) is 12.1 Å². The van der Waals surface area contributed by atoms with Crippen LogP contribution < -0.4 is 0 Å². The minimum absolute atomic E-state index is 0.00569. The number of aromatic nitrogens is 2. The third-order valence-electron chi connectivity index (χ3n) is 4.35. The highest BCUT2D eigenvalue weighted by Crippen LogP contribution is 2.29. The summed E-state index contributed by atoms with van der Waals surface area (Å²) in [6.07, 6.45) is 0.245. The Morgan fingerprint density at radius 1 is 1.26 bits per heavy atom. The van der Waals surface area contributed by atoms with Gasteiger partial charge in [0.05, 0.1) is 6.61 Å². The third-order valence-corrected chi connectivity index (χ3v) is 4.35. The van der Waals surface area contributed by atoms with Gasteiger partial charge in [0.15, 0.2) is 11.4 Å². The molecule has 0 unspecified atom stereocenters. The van der Waals surface area contributed by atoms with Crippen LogP contribution in [0, 0.1) is 5.82 Å². The average Bonchev–Trinajstić information content (AvgIpc) is 2.92. The molecule has 2 aromatic heterocycles. The number of benzene rings is 1. The zero-order valence-corrected chi connectivity index (χ0v) is 15.9. The largest absolute Gasteiger partial charge is 0.505 e. The van der Waals surface area contributed by atoms with Gasteiger partial charge in [0.1, 0.15) is 11.5 Å². The Morgan fingerprint density at radius 3 is 2.59 bits per heavy atom. The zero-order chi connectivity index (χ0) is 19.8. The van der Waals surface area contributed by atoms with Crippen LogP contribution in [0.15, 0.2) is 36.4 Å². The molecule has 0 saturated heterocycles. The first-order valence-corrected chi connectivity index (χ1v) is 8.87. The molecule has 0 aliphatic rings. The highest BCUT2D eigenvalue weighted by Gasteiger charge is 2.25. The van der Waals surface area contributed by atoms with Crippen molar-refractivity contribution in [2.45, 2.75) is 39.5 Å². The fraction of sp³-hybridized carbons (Fsp3) is 0.333. The SMILES string of the molecule is CCOC(=O)c1c(O)cc2nc(C(C)(C)C)cc(Cc3ccccc3F)n12. The number of esters is 1. The molecule has 5 nitrogen and oxygen atoms in total. The highest BCUT2D eigenvalue weighted by molar-refractivity contribution is 5.92. The normalized spacial score (nSPS) is 11.7. The van der Waals surface area contributed by atoms with Crippen molar-refractivity contribution in [1.82, 2.24) is 9.38 Å². The van der Waals surface area contributed by atoms with Crippen LogP contribution in [0.5, 0.6) is 5.75 Å². The van der Waals surface area contributed by atoms with E-state index in [0.29, 0.717) is 16.9 Å². The first-order valence-electron chi connectivity index (χ1n) is 8.87. The molecule has 3 rings (SSSR count). The molecule has 3 aromatic rings.